The number of hydrogen-bond donors (Lipinski definition) is 5. The van der Waals surface area contributed by atoms with Crippen LogP contribution in [0.15, 0.2) is 41.9 Å². The normalized spacial score (nSPS) is 23.9. The Labute approximate surface area is 223 Å². The van der Waals surface area contributed by atoms with Crippen molar-refractivity contribution in [1.29, 1.82) is 0 Å². The fraction of sp³-hybridized carbons (Fsp3) is 0.690. The van der Waals surface area contributed by atoms with Gasteiger partial charge in [-0.3, -0.25) is 15.2 Å². The Balaban J connectivity index is 1.37. The molecule has 3 heterocycles. The molecular weight excluding hydrogens is 462 g/mol. The quantitative estimate of drug-likeness (QED) is 0.216. The third-order valence-corrected chi connectivity index (χ3v) is 8.13. The van der Waals surface area contributed by atoms with E-state index in [2.05, 4.69) is 78.7 Å². The minimum atomic E-state index is 0.0231. The zero-order chi connectivity index (χ0) is 26.6. The van der Waals surface area contributed by atoms with Gasteiger partial charge in [-0.2, -0.15) is 0 Å². The van der Waals surface area contributed by atoms with Gasteiger partial charge in [-0.1, -0.05) is 26.0 Å². The fourth-order valence-corrected chi connectivity index (χ4v) is 6.47. The van der Waals surface area contributed by atoms with Crippen molar-refractivity contribution in [1.82, 2.24) is 30.7 Å². The van der Waals surface area contributed by atoms with Crippen LogP contribution in [-0.2, 0) is 6.42 Å². The Morgan fingerprint density at radius 3 is 2.84 bits per heavy atom. The van der Waals surface area contributed by atoms with Gasteiger partial charge >= 0.3 is 0 Å². The lowest BCUT2D eigenvalue weighted by Gasteiger charge is -2.38. The van der Waals surface area contributed by atoms with Crippen LogP contribution in [-0.4, -0.2) is 77.6 Å². The highest BCUT2D eigenvalue weighted by Gasteiger charge is 2.37. The van der Waals surface area contributed by atoms with Gasteiger partial charge in [-0.05, 0) is 82.7 Å². The molecule has 3 aliphatic rings. The van der Waals surface area contributed by atoms with E-state index >= 15 is 0 Å². The summed E-state index contributed by atoms with van der Waals surface area (Å²) in [6.45, 7) is 12.2. The molecule has 0 saturated heterocycles. The molecule has 0 spiro atoms. The lowest BCUT2D eigenvalue weighted by Crippen LogP contribution is -2.54. The predicted molar refractivity (Wildman–Crippen MR) is 151 cm³/mol. The van der Waals surface area contributed by atoms with Crippen LogP contribution in [0.1, 0.15) is 70.7 Å². The molecule has 2 unspecified atom stereocenters. The SMILES string of the molecule is CN(CC1=C(CO)N2C(C=CCC2NCCNC(C)(C)CC(C)(C)CN)N1)[C@H]1CCCc2cccnc21. The molecule has 0 fully saturated rings. The Morgan fingerprint density at radius 2 is 2.08 bits per heavy atom. The summed E-state index contributed by atoms with van der Waals surface area (Å²) < 4.78 is 0. The number of aliphatic hydroxyl groups is 1. The van der Waals surface area contributed by atoms with E-state index in [1.165, 1.54) is 17.7 Å². The zero-order valence-corrected chi connectivity index (χ0v) is 23.6. The molecule has 0 aromatic carbocycles. The van der Waals surface area contributed by atoms with E-state index in [0.717, 1.165) is 56.7 Å². The first-order chi connectivity index (χ1) is 17.6. The second-order valence-corrected chi connectivity index (χ2v) is 12.4. The van der Waals surface area contributed by atoms with Gasteiger partial charge < -0.3 is 26.4 Å². The van der Waals surface area contributed by atoms with Crippen LogP contribution < -0.4 is 21.7 Å². The van der Waals surface area contributed by atoms with Crippen molar-refractivity contribution in [2.45, 2.75) is 83.7 Å². The summed E-state index contributed by atoms with van der Waals surface area (Å²) in [6, 6.07) is 4.56. The average Bonchev–Trinajstić information content (AvgIpc) is 3.23. The molecule has 1 aliphatic carbocycles. The number of likely N-dealkylation sites (N-methyl/N-ethyl adjacent to an activating group) is 1. The molecule has 0 amide bonds. The number of nitrogens with one attached hydrogen (secondary N) is 3. The monoisotopic (exact) mass is 511 g/mol. The Hall–Kier alpha value is -1.97. The van der Waals surface area contributed by atoms with Crippen molar-refractivity contribution < 1.29 is 5.11 Å². The number of aromatic nitrogens is 1. The molecule has 0 saturated carbocycles. The number of nitrogens with two attached hydrogens (primary N) is 1. The minimum absolute atomic E-state index is 0.0231. The highest BCUT2D eigenvalue weighted by atomic mass is 16.3. The van der Waals surface area contributed by atoms with Crippen LogP contribution in [0.3, 0.4) is 0 Å². The highest BCUT2D eigenvalue weighted by Crippen LogP contribution is 2.34. The number of aryl methyl sites for hydroxylation is 1. The van der Waals surface area contributed by atoms with Crippen LogP contribution in [0, 0.1) is 5.41 Å². The van der Waals surface area contributed by atoms with Crippen LogP contribution in [0.25, 0.3) is 0 Å². The average molecular weight is 512 g/mol. The van der Waals surface area contributed by atoms with Gasteiger partial charge in [0.15, 0.2) is 0 Å². The number of nitrogens with zero attached hydrogens (tertiary/aromatic N) is 3. The van der Waals surface area contributed by atoms with Crippen LogP contribution in [0.4, 0.5) is 0 Å². The number of fused-ring (bicyclic) bond motifs is 2. The van der Waals surface area contributed by atoms with E-state index in [0.29, 0.717) is 12.6 Å². The number of aliphatic hydroxyl groups excluding tert-OH is 1. The molecule has 206 valence electrons. The first kappa shape index (κ1) is 28.0. The lowest BCUT2D eigenvalue weighted by molar-refractivity contribution is 0.150. The molecule has 8 heteroatoms. The molecular formula is C29H49N7O. The standard InChI is InChI=1S/C29H49N7O/c1-28(2,20-30)19-29(3,4)33-16-15-31-25-12-7-13-26-34-22(24(18-37)36(25)26)17-35(5)23-11-6-9-21-10-8-14-32-27(21)23/h7-8,10,13-14,23,25-26,31,33-34,37H,6,9,11-12,15-20,30H2,1-5H3/t23-,25?,26?/m0/s1. The van der Waals surface area contributed by atoms with E-state index in [9.17, 15) is 5.11 Å². The zero-order valence-electron chi connectivity index (χ0n) is 23.6. The van der Waals surface area contributed by atoms with Crippen LogP contribution in [0.5, 0.6) is 0 Å². The van der Waals surface area contributed by atoms with Gasteiger partial charge in [0.1, 0.15) is 6.17 Å². The molecule has 3 atom stereocenters. The Morgan fingerprint density at radius 1 is 1.27 bits per heavy atom. The van der Waals surface area contributed by atoms with Crippen LogP contribution >= 0.6 is 0 Å². The van der Waals surface area contributed by atoms with E-state index in [4.69, 9.17) is 10.7 Å². The molecule has 8 nitrogen and oxygen atoms in total. The van der Waals surface area contributed by atoms with Gasteiger partial charge in [0.25, 0.3) is 0 Å². The first-order valence-corrected chi connectivity index (χ1v) is 14.0. The summed E-state index contributed by atoms with van der Waals surface area (Å²) >= 11 is 0. The lowest BCUT2D eigenvalue weighted by atomic mass is 9.80. The summed E-state index contributed by atoms with van der Waals surface area (Å²) in [5.74, 6) is 0. The maximum atomic E-state index is 10.4. The van der Waals surface area contributed by atoms with Crippen molar-refractivity contribution in [3.8, 4) is 0 Å². The van der Waals surface area contributed by atoms with E-state index < -0.39 is 0 Å². The summed E-state index contributed by atoms with van der Waals surface area (Å²) in [7, 11) is 2.18. The second kappa shape index (κ2) is 11.8. The van der Waals surface area contributed by atoms with Gasteiger partial charge in [0.05, 0.1) is 30.2 Å². The largest absolute Gasteiger partial charge is 0.390 e. The molecule has 1 aromatic heterocycles. The molecule has 2 aliphatic heterocycles. The van der Waals surface area contributed by atoms with Gasteiger partial charge in [0.2, 0.25) is 0 Å². The van der Waals surface area contributed by atoms with Crippen molar-refractivity contribution in [3.05, 3.63) is 53.1 Å². The molecule has 6 N–H and O–H groups in total. The Bertz CT molecular complexity index is 973. The van der Waals surface area contributed by atoms with Crippen molar-refractivity contribution in [2.24, 2.45) is 11.1 Å². The molecule has 0 radical (unpaired) electrons. The number of pyridine rings is 1. The van der Waals surface area contributed by atoms with Gasteiger partial charge in [-0.15, -0.1) is 0 Å². The van der Waals surface area contributed by atoms with Crippen molar-refractivity contribution in [3.63, 3.8) is 0 Å². The maximum Gasteiger partial charge on any atom is 0.119 e. The first-order valence-electron chi connectivity index (χ1n) is 14.0. The summed E-state index contributed by atoms with van der Waals surface area (Å²) in [5, 5.41) is 21.6. The predicted octanol–water partition coefficient (Wildman–Crippen LogP) is 2.44. The fourth-order valence-electron chi connectivity index (χ4n) is 6.47. The summed E-state index contributed by atoms with van der Waals surface area (Å²) in [5.41, 5.74) is 10.8. The van der Waals surface area contributed by atoms with Crippen molar-refractivity contribution >= 4 is 0 Å². The van der Waals surface area contributed by atoms with E-state index in [1.807, 2.05) is 12.3 Å². The van der Waals surface area contributed by atoms with Crippen molar-refractivity contribution in [2.75, 3.05) is 39.8 Å². The van der Waals surface area contributed by atoms with Gasteiger partial charge in [0, 0.05) is 37.1 Å². The maximum absolute atomic E-state index is 10.4. The second-order valence-electron chi connectivity index (χ2n) is 12.4. The summed E-state index contributed by atoms with van der Waals surface area (Å²) in [4.78, 5) is 9.46. The third kappa shape index (κ3) is 6.73. The highest BCUT2D eigenvalue weighted by molar-refractivity contribution is 5.29. The smallest absolute Gasteiger partial charge is 0.119 e. The number of hydrogen-bond acceptors (Lipinski definition) is 8. The van der Waals surface area contributed by atoms with E-state index in [1.54, 1.807) is 0 Å². The topological polar surface area (TPSA) is 102 Å². The molecule has 1 aromatic rings. The number of rotatable bonds is 12. The Kier molecular flexibility index (Phi) is 8.96. The third-order valence-electron chi connectivity index (χ3n) is 8.13. The van der Waals surface area contributed by atoms with Crippen LogP contribution in [0.2, 0.25) is 0 Å². The molecule has 37 heavy (non-hydrogen) atoms. The molecule has 4 rings (SSSR count). The summed E-state index contributed by atoms with van der Waals surface area (Å²) in [6.07, 6.45) is 11.9. The minimum Gasteiger partial charge on any atom is -0.390 e. The van der Waals surface area contributed by atoms with Gasteiger partial charge in [-0.25, -0.2) is 0 Å². The van der Waals surface area contributed by atoms with E-state index in [-0.39, 0.29) is 29.9 Å². The molecule has 0 bridgehead atoms.